The summed E-state index contributed by atoms with van der Waals surface area (Å²) < 4.78 is 0. The Kier molecular flexibility index (Phi) is 5.83. The lowest BCUT2D eigenvalue weighted by Crippen LogP contribution is -2.30. The average molecular weight is 292 g/mol. The lowest BCUT2D eigenvalue weighted by Gasteiger charge is -2.32. The molecular formula is C18H29NS. The van der Waals surface area contributed by atoms with E-state index in [9.17, 15) is 0 Å². The molecule has 2 rings (SSSR count). The number of hydrogen-bond donors (Lipinski definition) is 0. The van der Waals surface area contributed by atoms with Crippen LogP contribution in [-0.2, 0) is 0 Å². The predicted octanol–water partition coefficient (Wildman–Crippen LogP) is 5.37. The molecule has 3 unspecified atom stereocenters. The standard InChI is InChI=1S/C18H29NS/c1-5-6-7-8-9-16-10-11-20-18(16)17-12-14(2)19(4)15(3)13-17/h10-14,16,18H,5-9H2,1-4H3. The van der Waals surface area contributed by atoms with Crippen molar-refractivity contribution in [1.82, 2.24) is 4.90 Å². The van der Waals surface area contributed by atoms with Gasteiger partial charge >= 0.3 is 0 Å². The van der Waals surface area contributed by atoms with Crippen molar-refractivity contribution in [2.75, 3.05) is 7.05 Å². The van der Waals surface area contributed by atoms with E-state index in [1.807, 2.05) is 11.8 Å². The van der Waals surface area contributed by atoms with E-state index in [4.69, 9.17) is 0 Å². The van der Waals surface area contributed by atoms with Gasteiger partial charge in [0, 0.05) is 24.0 Å². The first-order chi connectivity index (χ1) is 9.63. The molecule has 0 spiro atoms. The number of nitrogens with zero attached hydrogens (tertiary/aromatic N) is 1. The van der Waals surface area contributed by atoms with Gasteiger partial charge in [0.15, 0.2) is 0 Å². The Hall–Kier alpha value is -0.630. The van der Waals surface area contributed by atoms with Gasteiger partial charge in [-0.05, 0) is 43.2 Å². The van der Waals surface area contributed by atoms with E-state index in [0.717, 1.165) is 5.92 Å². The number of hydrogen-bond acceptors (Lipinski definition) is 2. The molecule has 0 fully saturated rings. The maximum atomic E-state index is 2.46. The van der Waals surface area contributed by atoms with Crippen molar-refractivity contribution in [1.29, 1.82) is 0 Å². The van der Waals surface area contributed by atoms with E-state index in [2.05, 4.69) is 56.4 Å². The molecule has 0 saturated heterocycles. The first-order valence-corrected chi connectivity index (χ1v) is 9.02. The molecule has 0 aromatic heterocycles. The topological polar surface area (TPSA) is 3.24 Å². The summed E-state index contributed by atoms with van der Waals surface area (Å²) in [4.78, 5) is 2.35. The molecule has 20 heavy (non-hydrogen) atoms. The second kappa shape index (κ2) is 7.40. The van der Waals surface area contributed by atoms with Crippen LogP contribution < -0.4 is 0 Å². The van der Waals surface area contributed by atoms with Crippen LogP contribution >= 0.6 is 11.8 Å². The van der Waals surface area contributed by atoms with Crippen LogP contribution in [0, 0.1) is 5.92 Å². The minimum absolute atomic E-state index is 0.525. The summed E-state index contributed by atoms with van der Waals surface area (Å²) in [6.45, 7) is 6.80. The van der Waals surface area contributed by atoms with Gasteiger partial charge in [-0.25, -0.2) is 0 Å². The molecule has 0 radical (unpaired) electrons. The van der Waals surface area contributed by atoms with Crippen molar-refractivity contribution in [2.45, 2.75) is 64.2 Å². The van der Waals surface area contributed by atoms with Crippen LogP contribution in [0.1, 0.15) is 52.9 Å². The van der Waals surface area contributed by atoms with Crippen molar-refractivity contribution in [3.8, 4) is 0 Å². The average Bonchev–Trinajstić information content (AvgIpc) is 2.89. The molecule has 112 valence electrons. The third-order valence-electron chi connectivity index (χ3n) is 4.64. The van der Waals surface area contributed by atoms with Gasteiger partial charge in [0.2, 0.25) is 0 Å². The molecular weight excluding hydrogens is 262 g/mol. The highest BCUT2D eigenvalue weighted by molar-refractivity contribution is 8.03. The number of likely N-dealkylation sites (N-methyl/N-ethyl adjacent to an activating group) is 1. The normalized spacial score (nSPS) is 29.6. The summed E-state index contributed by atoms with van der Waals surface area (Å²) in [5, 5.41) is 2.98. The van der Waals surface area contributed by atoms with Gasteiger partial charge in [-0.2, -0.15) is 0 Å². The zero-order valence-electron chi connectivity index (χ0n) is 13.4. The molecule has 0 aliphatic carbocycles. The fourth-order valence-electron chi connectivity index (χ4n) is 3.09. The largest absolute Gasteiger partial charge is 0.372 e. The molecule has 1 nitrogen and oxygen atoms in total. The highest BCUT2D eigenvalue weighted by atomic mass is 32.2. The molecule has 0 N–H and O–H groups in total. The minimum Gasteiger partial charge on any atom is -0.372 e. The van der Waals surface area contributed by atoms with Crippen molar-refractivity contribution in [3.63, 3.8) is 0 Å². The Balaban J connectivity index is 1.96. The quantitative estimate of drug-likeness (QED) is 0.606. The van der Waals surface area contributed by atoms with Gasteiger partial charge in [0.05, 0.1) is 0 Å². The lowest BCUT2D eigenvalue weighted by molar-refractivity contribution is 0.365. The molecule has 2 heteroatoms. The van der Waals surface area contributed by atoms with Crippen LogP contribution in [0.2, 0.25) is 0 Å². The van der Waals surface area contributed by atoms with Crippen molar-refractivity contribution in [2.24, 2.45) is 5.92 Å². The highest BCUT2D eigenvalue weighted by Crippen LogP contribution is 2.40. The monoisotopic (exact) mass is 291 g/mol. The number of rotatable bonds is 6. The van der Waals surface area contributed by atoms with E-state index in [1.165, 1.54) is 37.8 Å². The Labute approximate surface area is 129 Å². The Morgan fingerprint density at radius 3 is 2.75 bits per heavy atom. The summed E-state index contributed by atoms with van der Waals surface area (Å²) in [6, 6.07) is 0.525. The maximum Gasteiger partial charge on any atom is 0.0444 e. The second-order valence-corrected chi connectivity index (χ2v) is 7.25. The highest BCUT2D eigenvalue weighted by Gasteiger charge is 2.28. The van der Waals surface area contributed by atoms with Crippen molar-refractivity contribution in [3.05, 3.63) is 34.9 Å². The molecule has 0 amide bonds. The van der Waals surface area contributed by atoms with E-state index < -0.39 is 0 Å². The first-order valence-electron chi connectivity index (χ1n) is 8.08. The van der Waals surface area contributed by atoms with Gasteiger partial charge in [-0.1, -0.05) is 44.8 Å². The zero-order chi connectivity index (χ0) is 14.5. The Bertz CT molecular complexity index is 408. The third kappa shape index (κ3) is 3.72. The molecule has 2 heterocycles. The van der Waals surface area contributed by atoms with E-state index in [-0.39, 0.29) is 0 Å². The number of allylic oxidation sites excluding steroid dienone is 3. The molecule has 2 aliphatic rings. The minimum atomic E-state index is 0.525. The van der Waals surface area contributed by atoms with Gasteiger partial charge in [-0.3, -0.25) is 0 Å². The molecule has 3 atom stereocenters. The van der Waals surface area contributed by atoms with Crippen LogP contribution in [0.3, 0.4) is 0 Å². The molecule has 0 aromatic rings. The first kappa shape index (κ1) is 15.8. The second-order valence-electron chi connectivity index (χ2n) is 6.20. The summed E-state index contributed by atoms with van der Waals surface area (Å²) in [7, 11) is 2.19. The number of thioether (sulfide) groups is 1. The summed E-state index contributed by atoms with van der Waals surface area (Å²) in [6.07, 6.45) is 14.1. The lowest BCUT2D eigenvalue weighted by atomic mass is 9.90. The molecule has 0 saturated carbocycles. The van der Waals surface area contributed by atoms with Gasteiger partial charge < -0.3 is 4.90 Å². The van der Waals surface area contributed by atoms with E-state index >= 15 is 0 Å². The van der Waals surface area contributed by atoms with Crippen molar-refractivity contribution < 1.29 is 0 Å². The van der Waals surface area contributed by atoms with Crippen molar-refractivity contribution >= 4 is 11.8 Å². The van der Waals surface area contributed by atoms with Crippen LogP contribution in [0.15, 0.2) is 34.9 Å². The SMILES string of the molecule is CCCCCCC1C=CSC1C1=CC(C)N(C)C(C)=C1. The molecule has 2 aliphatic heterocycles. The molecule has 0 aromatic carbocycles. The van der Waals surface area contributed by atoms with Crippen LogP contribution in [0.5, 0.6) is 0 Å². The summed E-state index contributed by atoms with van der Waals surface area (Å²) >= 11 is 2.01. The predicted molar refractivity (Wildman–Crippen MR) is 91.8 cm³/mol. The van der Waals surface area contributed by atoms with Gasteiger partial charge in [-0.15, -0.1) is 11.8 Å². The maximum absolute atomic E-state index is 2.46. The van der Waals surface area contributed by atoms with Gasteiger partial charge in [0.1, 0.15) is 0 Å². The van der Waals surface area contributed by atoms with Gasteiger partial charge in [0.25, 0.3) is 0 Å². The Morgan fingerprint density at radius 2 is 2.05 bits per heavy atom. The fourth-order valence-corrected chi connectivity index (χ4v) is 4.29. The van der Waals surface area contributed by atoms with Crippen LogP contribution in [0.25, 0.3) is 0 Å². The Morgan fingerprint density at radius 1 is 1.25 bits per heavy atom. The van der Waals surface area contributed by atoms with E-state index in [0.29, 0.717) is 11.3 Å². The van der Waals surface area contributed by atoms with E-state index in [1.54, 1.807) is 5.57 Å². The van der Waals surface area contributed by atoms with Crippen LogP contribution in [0.4, 0.5) is 0 Å². The fraction of sp³-hybridized carbons (Fsp3) is 0.667. The summed E-state index contributed by atoms with van der Waals surface area (Å²) in [5.74, 6) is 0.739. The molecule has 0 bridgehead atoms. The number of unbranched alkanes of at least 4 members (excludes halogenated alkanes) is 3. The third-order valence-corrected chi connectivity index (χ3v) is 5.87. The smallest absolute Gasteiger partial charge is 0.0444 e. The van der Waals surface area contributed by atoms with Crippen LogP contribution in [-0.4, -0.2) is 23.2 Å². The zero-order valence-corrected chi connectivity index (χ0v) is 14.2. The summed E-state index contributed by atoms with van der Waals surface area (Å²) in [5.41, 5.74) is 2.94.